The lowest BCUT2D eigenvalue weighted by molar-refractivity contribution is -0.167. The molecule has 6 nitrogen and oxygen atoms in total. The lowest BCUT2D eigenvalue weighted by atomic mass is 9.51. The Morgan fingerprint density at radius 1 is 1.22 bits per heavy atom. The second kappa shape index (κ2) is 10.6. The van der Waals surface area contributed by atoms with Crippen LogP contribution in [0.25, 0.3) is 0 Å². The zero-order valence-electron chi connectivity index (χ0n) is 22.4. The van der Waals surface area contributed by atoms with Crippen molar-refractivity contribution < 1.29 is 24.5 Å². The maximum atomic E-state index is 14.2. The summed E-state index contributed by atoms with van der Waals surface area (Å²) in [6.45, 7) is 11.8. The van der Waals surface area contributed by atoms with E-state index < -0.39 is 35.1 Å². The number of allylic oxidation sites excluding steroid dienone is 1. The maximum absolute atomic E-state index is 14.2. The molecule has 3 N–H and O–H groups in total. The van der Waals surface area contributed by atoms with Crippen LogP contribution in [0.5, 0.6) is 0 Å². The van der Waals surface area contributed by atoms with E-state index in [2.05, 4.69) is 18.8 Å². The van der Waals surface area contributed by atoms with Crippen LogP contribution in [0.3, 0.4) is 0 Å². The molecule has 1 amide bonds. The van der Waals surface area contributed by atoms with Gasteiger partial charge in [0.25, 0.3) is 0 Å². The van der Waals surface area contributed by atoms with Crippen LogP contribution in [0.15, 0.2) is 66.8 Å². The summed E-state index contributed by atoms with van der Waals surface area (Å²) in [4.78, 5) is 27.0. The van der Waals surface area contributed by atoms with Crippen molar-refractivity contribution >= 4 is 11.9 Å². The first-order valence-corrected chi connectivity index (χ1v) is 13.5. The first kappa shape index (κ1) is 27.3. The number of benzene rings is 1. The molecule has 1 aromatic rings. The van der Waals surface area contributed by atoms with Crippen molar-refractivity contribution in [2.24, 2.45) is 29.1 Å². The zero-order valence-corrected chi connectivity index (χ0v) is 22.4. The minimum absolute atomic E-state index is 0.152. The molecule has 0 radical (unpaired) electrons. The average molecular weight is 508 g/mol. The Balaban J connectivity index is 1.93. The second-order valence-electron chi connectivity index (χ2n) is 11.5. The number of aliphatic hydroxyl groups is 2. The monoisotopic (exact) mass is 507 g/mol. The molecule has 1 aromatic carbocycles. The number of hydrogen-bond acceptors (Lipinski definition) is 5. The van der Waals surface area contributed by atoms with E-state index in [1.165, 1.54) is 0 Å². The first-order valence-electron chi connectivity index (χ1n) is 13.5. The summed E-state index contributed by atoms with van der Waals surface area (Å²) in [5.41, 5.74) is -0.630. The Kier molecular flexibility index (Phi) is 7.82. The van der Waals surface area contributed by atoms with Crippen molar-refractivity contribution in [1.29, 1.82) is 0 Å². The van der Waals surface area contributed by atoms with E-state index >= 15 is 0 Å². The molecule has 0 unspecified atom stereocenters. The SMILES string of the molecule is C=C1[C@@H](C)[C@H]2[C@H](Cc3ccccc3)NC(=O)[C@]23[C@H](OC(=O)CC)/C=C/[C@](C)(O)C[C@@H](C)C/C=C/[C@H]3[C@@H]1O. The highest BCUT2D eigenvalue weighted by molar-refractivity contribution is 5.89. The summed E-state index contributed by atoms with van der Waals surface area (Å²) in [5, 5.41) is 26.0. The highest BCUT2D eigenvalue weighted by Gasteiger charge is 2.68. The summed E-state index contributed by atoms with van der Waals surface area (Å²) in [6.07, 6.45) is 7.30. The third kappa shape index (κ3) is 5.06. The highest BCUT2D eigenvalue weighted by atomic mass is 16.5. The van der Waals surface area contributed by atoms with Crippen molar-refractivity contribution in [3.05, 3.63) is 72.4 Å². The Bertz CT molecular complexity index is 1080. The molecule has 2 aliphatic carbocycles. The molecule has 2 fully saturated rings. The van der Waals surface area contributed by atoms with Crippen molar-refractivity contribution in [3.63, 3.8) is 0 Å². The minimum Gasteiger partial charge on any atom is -0.457 e. The van der Waals surface area contributed by atoms with Gasteiger partial charge in [0.2, 0.25) is 5.91 Å². The third-order valence-corrected chi connectivity index (χ3v) is 8.68. The Morgan fingerprint density at radius 2 is 1.92 bits per heavy atom. The molecule has 1 aliphatic heterocycles. The van der Waals surface area contributed by atoms with E-state index in [1.807, 2.05) is 49.4 Å². The Labute approximate surface area is 220 Å². The average Bonchev–Trinajstić information content (AvgIpc) is 3.13. The van der Waals surface area contributed by atoms with E-state index in [4.69, 9.17) is 4.74 Å². The standard InChI is InChI=1S/C31H41NO5/c1-6-26(33)37-25-15-16-30(5,36)18-19(2)11-10-14-23-28(34)21(4)20(3)27-24(32-29(35)31(23,25)27)17-22-12-8-7-9-13-22/h7-10,12-16,19-20,23-25,27-28,34,36H,4,6,11,17-18H2,1-3,5H3,(H,32,35)/b14-10+,16-15+/t19-,20+,23-,24-,25+,27-,28+,30-,31+/m0/s1. The van der Waals surface area contributed by atoms with Gasteiger partial charge in [-0.2, -0.15) is 0 Å². The van der Waals surface area contributed by atoms with Gasteiger partial charge in [0, 0.05) is 24.3 Å². The predicted molar refractivity (Wildman–Crippen MR) is 143 cm³/mol. The molecule has 1 heterocycles. The molecule has 200 valence electrons. The van der Waals surface area contributed by atoms with Crippen LogP contribution in [0.4, 0.5) is 0 Å². The van der Waals surface area contributed by atoms with Gasteiger partial charge in [0.15, 0.2) is 0 Å². The third-order valence-electron chi connectivity index (χ3n) is 8.68. The van der Waals surface area contributed by atoms with Crippen LogP contribution in [-0.2, 0) is 20.7 Å². The number of amides is 1. The molecular weight excluding hydrogens is 466 g/mol. The van der Waals surface area contributed by atoms with E-state index in [0.29, 0.717) is 24.8 Å². The van der Waals surface area contributed by atoms with Crippen LogP contribution >= 0.6 is 0 Å². The van der Waals surface area contributed by atoms with Crippen LogP contribution in [0.1, 0.15) is 52.5 Å². The number of ether oxygens (including phenoxy) is 1. The number of carbonyl (C=O) groups is 2. The maximum Gasteiger partial charge on any atom is 0.306 e. The summed E-state index contributed by atoms with van der Waals surface area (Å²) in [6, 6.07) is 9.75. The van der Waals surface area contributed by atoms with Crippen LogP contribution < -0.4 is 5.32 Å². The lowest BCUT2D eigenvalue weighted by Crippen LogP contribution is -2.60. The van der Waals surface area contributed by atoms with Gasteiger partial charge in [-0.15, -0.1) is 0 Å². The van der Waals surface area contributed by atoms with E-state index in [0.717, 1.165) is 5.56 Å². The van der Waals surface area contributed by atoms with Gasteiger partial charge in [0.05, 0.1) is 11.7 Å². The largest absolute Gasteiger partial charge is 0.457 e. The molecule has 1 saturated carbocycles. The van der Waals surface area contributed by atoms with Crippen LogP contribution in [0, 0.1) is 29.1 Å². The molecule has 1 saturated heterocycles. The van der Waals surface area contributed by atoms with Crippen molar-refractivity contribution in [2.45, 2.75) is 77.2 Å². The van der Waals surface area contributed by atoms with E-state index in [9.17, 15) is 19.8 Å². The Morgan fingerprint density at radius 3 is 2.59 bits per heavy atom. The summed E-state index contributed by atoms with van der Waals surface area (Å²) < 4.78 is 6.04. The zero-order chi connectivity index (χ0) is 27.0. The topological polar surface area (TPSA) is 95.9 Å². The summed E-state index contributed by atoms with van der Waals surface area (Å²) in [7, 11) is 0. The normalized spacial score (nSPS) is 41.5. The van der Waals surface area contributed by atoms with Gasteiger partial charge in [0.1, 0.15) is 11.5 Å². The number of rotatable bonds is 4. The van der Waals surface area contributed by atoms with E-state index in [1.54, 1.807) is 26.0 Å². The molecule has 0 aromatic heterocycles. The number of carbonyl (C=O) groups excluding carboxylic acids is 2. The fourth-order valence-electron chi connectivity index (χ4n) is 6.94. The van der Waals surface area contributed by atoms with Gasteiger partial charge in [-0.3, -0.25) is 9.59 Å². The molecule has 4 rings (SSSR count). The number of hydrogen-bond donors (Lipinski definition) is 3. The van der Waals surface area contributed by atoms with Gasteiger partial charge < -0.3 is 20.3 Å². The molecule has 37 heavy (non-hydrogen) atoms. The molecule has 3 aliphatic rings. The second-order valence-corrected chi connectivity index (χ2v) is 11.5. The van der Waals surface area contributed by atoms with Crippen molar-refractivity contribution in [1.82, 2.24) is 5.32 Å². The summed E-state index contributed by atoms with van der Waals surface area (Å²) >= 11 is 0. The minimum atomic E-state index is -1.26. The highest BCUT2D eigenvalue weighted by Crippen LogP contribution is 2.58. The molecule has 1 spiro atoms. The molecule has 0 bridgehead atoms. The first-order chi connectivity index (χ1) is 17.5. The molecular formula is C31H41NO5. The van der Waals surface area contributed by atoms with Gasteiger partial charge in [-0.1, -0.05) is 75.9 Å². The smallest absolute Gasteiger partial charge is 0.306 e. The van der Waals surface area contributed by atoms with E-state index in [-0.39, 0.29) is 36.1 Å². The number of nitrogens with one attached hydrogen (secondary N) is 1. The van der Waals surface area contributed by atoms with Gasteiger partial charge in [-0.25, -0.2) is 0 Å². The number of esters is 1. The van der Waals surface area contributed by atoms with Crippen molar-refractivity contribution in [3.8, 4) is 0 Å². The number of aliphatic hydroxyl groups excluding tert-OH is 1. The summed E-state index contributed by atoms with van der Waals surface area (Å²) in [5.74, 6) is -1.66. The predicted octanol–water partition coefficient (Wildman–Crippen LogP) is 4.13. The van der Waals surface area contributed by atoms with Crippen LogP contribution in [-0.4, -0.2) is 45.9 Å². The molecule has 9 atom stereocenters. The Hall–Kier alpha value is -2.70. The fourth-order valence-corrected chi connectivity index (χ4v) is 6.94. The fraction of sp³-hybridized carbons (Fsp3) is 0.548. The van der Waals surface area contributed by atoms with Crippen molar-refractivity contribution in [2.75, 3.05) is 0 Å². The van der Waals surface area contributed by atoms with Crippen LogP contribution in [0.2, 0.25) is 0 Å². The molecule has 6 heteroatoms. The van der Waals surface area contributed by atoms with Gasteiger partial charge in [-0.05, 0) is 55.2 Å². The lowest BCUT2D eigenvalue weighted by Gasteiger charge is -2.52. The van der Waals surface area contributed by atoms with Gasteiger partial charge >= 0.3 is 5.97 Å². The quantitative estimate of drug-likeness (QED) is 0.421.